The summed E-state index contributed by atoms with van der Waals surface area (Å²) in [6.45, 7) is 3.38. The molecule has 1 aliphatic rings. The van der Waals surface area contributed by atoms with Crippen molar-refractivity contribution in [2.24, 2.45) is 5.16 Å². The predicted molar refractivity (Wildman–Crippen MR) is 73.4 cm³/mol. The Hall–Kier alpha value is -1.56. The van der Waals surface area contributed by atoms with E-state index in [1.165, 1.54) is 6.92 Å². The quantitative estimate of drug-likeness (QED) is 0.922. The Morgan fingerprint density at radius 3 is 2.95 bits per heavy atom. The molecule has 1 heterocycles. The molecule has 0 amide bonds. The standard InChI is InChI=1S/C13H14BrNO4/c1-7-5-12(19-15-7)10-6-9(14)3-4-11(10)18-8(2)13(16)17/h3-4,6,8,12H,5H2,1-2H3,(H,16,17)/t8?,12-/m1/s1. The van der Waals surface area contributed by atoms with Gasteiger partial charge in [-0.15, -0.1) is 0 Å². The van der Waals surface area contributed by atoms with Gasteiger partial charge in [0.15, 0.2) is 12.2 Å². The van der Waals surface area contributed by atoms with Gasteiger partial charge in [0.1, 0.15) is 5.75 Å². The number of aliphatic carboxylic acids is 1. The molecule has 0 spiro atoms. The van der Waals surface area contributed by atoms with Crippen molar-refractivity contribution in [2.75, 3.05) is 0 Å². The van der Waals surface area contributed by atoms with Crippen LogP contribution in [0.3, 0.4) is 0 Å². The molecule has 0 fully saturated rings. The molecule has 0 aliphatic carbocycles. The van der Waals surface area contributed by atoms with E-state index < -0.39 is 12.1 Å². The van der Waals surface area contributed by atoms with Crippen LogP contribution in [0.15, 0.2) is 27.8 Å². The SMILES string of the molecule is CC1=NO[C@@H](c2cc(Br)ccc2OC(C)C(=O)O)C1. The number of halogens is 1. The van der Waals surface area contributed by atoms with E-state index in [9.17, 15) is 4.79 Å². The molecular formula is C13H14BrNO4. The second-order valence-corrected chi connectivity index (χ2v) is 5.32. The van der Waals surface area contributed by atoms with Crippen molar-refractivity contribution < 1.29 is 19.5 Å². The van der Waals surface area contributed by atoms with Crippen molar-refractivity contribution in [1.82, 2.24) is 0 Å². The number of hydrogen-bond acceptors (Lipinski definition) is 4. The van der Waals surface area contributed by atoms with Crippen LogP contribution >= 0.6 is 15.9 Å². The number of nitrogens with zero attached hydrogens (tertiary/aromatic N) is 1. The molecule has 0 bridgehead atoms. The van der Waals surface area contributed by atoms with Gasteiger partial charge in [-0.2, -0.15) is 0 Å². The molecule has 0 aromatic heterocycles. The molecule has 2 atom stereocenters. The van der Waals surface area contributed by atoms with Crippen LogP contribution in [-0.4, -0.2) is 22.9 Å². The fraction of sp³-hybridized carbons (Fsp3) is 0.385. The van der Waals surface area contributed by atoms with Gasteiger partial charge >= 0.3 is 5.97 Å². The summed E-state index contributed by atoms with van der Waals surface area (Å²) in [5.41, 5.74) is 1.70. The summed E-state index contributed by atoms with van der Waals surface area (Å²) in [6, 6.07) is 5.40. The van der Waals surface area contributed by atoms with Crippen LogP contribution < -0.4 is 4.74 Å². The van der Waals surface area contributed by atoms with E-state index >= 15 is 0 Å². The van der Waals surface area contributed by atoms with E-state index in [2.05, 4.69) is 21.1 Å². The van der Waals surface area contributed by atoms with E-state index in [0.717, 1.165) is 15.7 Å². The summed E-state index contributed by atoms with van der Waals surface area (Å²) in [6.07, 6.45) is -0.467. The first-order chi connectivity index (χ1) is 8.97. The van der Waals surface area contributed by atoms with Gasteiger partial charge in [-0.05, 0) is 32.0 Å². The topological polar surface area (TPSA) is 68.1 Å². The van der Waals surface area contributed by atoms with E-state index in [1.54, 1.807) is 12.1 Å². The summed E-state index contributed by atoms with van der Waals surface area (Å²) in [7, 11) is 0. The van der Waals surface area contributed by atoms with E-state index in [-0.39, 0.29) is 6.10 Å². The lowest BCUT2D eigenvalue weighted by Crippen LogP contribution is -2.23. The van der Waals surface area contributed by atoms with E-state index in [1.807, 2.05) is 13.0 Å². The minimum Gasteiger partial charge on any atom is -0.479 e. The van der Waals surface area contributed by atoms with Gasteiger partial charge in [-0.1, -0.05) is 21.1 Å². The lowest BCUT2D eigenvalue weighted by atomic mass is 10.0. The molecular weight excluding hydrogens is 314 g/mol. The predicted octanol–water partition coefficient (Wildman–Crippen LogP) is 3.14. The second kappa shape index (κ2) is 5.61. The Morgan fingerprint density at radius 1 is 1.63 bits per heavy atom. The van der Waals surface area contributed by atoms with Crippen LogP contribution in [-0.2, 0) is 9.63 Å². The summed E-state index contributed by atoms with van der Waals surface area (Å²) in [4.78, 5) is 16.2. The Kier molecular flexibility index (Phi) is 4.09. The number of oxime groups is 1. The van der Waals surface area contributed by atoms with Crippen LogP contribution in [0.5, 0.6) is 5.75 Å². The van der Waals surface area contributed by atoms with Crippen molar-refractivity contribution in [2.45, 2.75) is 32.5 Å². The minimum atomic E-state index is -1.01. The van der Waals surface area contributed by atoms with Gasteiger partial charge in [0.25, 0.3) is 0 Å². The monoisotopic (exact) mass is 327 g/mol. The molecule has 1 N–H and O–H groups in total. The first kappa shape index (κ1) is 13.9. The molecule has 2 rings (SSSR count). The summed E-state index contributed by atoms with van der Waals surface area (Å²) < 4.78 is 6.34. The molecule has 0 radical (unpaired) electrons. The van der Waals surface area contributed by atoms with Crippen LogP contribution in [0.1, 0.15) is 31.9 Å². The number of carboxylic acid groups (broad SMARTS) is 1. The molecule has 6 heteroatoms. The largest absolute Gasteiger partial charge is 0.479 e. The molecule has 1 aliphatic heterocycles. The highest BCUT2D eigenvalue weighted by molar-refractivity contribution is 9.10. The molecule has 0 saturated carbocycles. The summed E-state index contributed by atoms with van der Waals surface area (Å²) in [5.74, 6) is -0.498. The zero-order valence-corrected chi connectivity index (χ0v) is 12.2. The fourth-order valence-electron chi connectivity index (χ4n) is 1.78. The smallest absolute Gasteiger partial charge is 0.344 e. The van der Waals surface area contributed by atoms with Crippen LogP contribution in [0, 0.1) is 0 Å². The Bertz CT molecular complexity index is 529. The molecule has 1 unspecified atom stereocenters. The number of hydrogen-bond donors (Lipinski definition) is 1. The van der Waals surface area contributed by atoms with Gasteiger partial charge in [0, 0.05) is 16.5 Å². The maximum Gasteiger partial charge on any atom is 0.344 e. The molecule has 19 heavy (non-hydrogen) atoms. The van der Waals surface area contributed by atoms with Gasteiger partial charge in [-0.3, -0.25) is 0 Å². The average molecular weight is 328 g/mol. The van der Waals surface area contributed by atoms with Crippen LogP contribution in [0.4, 0.5) is 0 Å². The van der Waals surface area contributed by atoms with Gasteiger partial charge < -0.3 is 14.7 Å². The molecule has 1 aromatic rings. The van der Waals surface area contributed by atoms with Gasteiger partial charge in [0.2, 0.25) is 0 Å². The van der Waals surface area contributed by atoms with Crippen molar-refractivity contribution >= 4 is 27.6 Å². The summed E-state index contributed by atoms with van der Waals surface area (Å²) >= 11 is 3.39. The number of benzene rings is 1. The number of ether oxygens (including phenoxy) is 1. The Labute approximate surface area is 119 Å². The maximum atomic E-state index is 10.9. The fourth-order valence-corrected chi connectivity index (χ4v) is 2.16. The van der Waals surface area contributed by atoms with Crippen LogP contribution in [0.25, 0.3) is 0 Å². The molecule has 5 nitrogen and oxygen atoms in total. The normalized spacial score (nSPS) is 19.5. The Morgan fingerprint density at radius 2 is 2.37 bits per heavy atom. The summed E-state index contributed by atoms with van der Waals surface area (Å²) in [5, 5.41) is 12.8. The second-order valence-electron chi connectivity index (χ2n) is 4.41. The van der Waals surface area contributed by atoms with Crippen molar-refractivity contribution in [3.05, 3.63) is 28.2 Å². The van der Waals surface area contributed by atoms with Crippen molar-refractivity contribution in [1.29, 1.82) is 0 Å². The maximum absolute atomic E-state index is 10.9. The van der Waals surface area contributed by atoms with Crippen molar-refractivity contribution in [3.63, 3.8) is 0 Å². The highest BCUT2D eigenvalue weighted by atomic mass is 79.9. The average Bonchev–Trinajstić information content (AvgIpc) is 2.77. The molecule has 102 valence electrons. The third-order valence-electron chi connectivity index (χ3n) is 2.79. The minimum absolute atomic E-state index is 0.228. The lowest BCUT2D eigenvalue weighted by Gasteiger charge is -2.17. The highest BCUT2D eigenvalue weighted by Crippen LogP contribution is 2.36. The third kappa shape index (κ3) is 3.26. The van der Waals surface area contributed by atoms with Gasteiger partial charge in [0.05, 0.1) is 5.71 Å². The first-order valence-corrected chi connectivity index (χ1v) is 6.65. The number of rotatable bonds is 4. The van der Waals surface area contributed by atoms with Crippen molar-refractivity contribution in [3.8, 4) is 5.75 Å². The first-order valence-electron chi connectivity index (χ1n) is 5.85. The molecule has 1 aromatic carbocycles. The third-order valence-corrected chi connectivity index (χ3v) is 3.28. The van der Waals surface area contributed by atoms with E-state index in [4.69, 9.17) is 14.7 Å². The van der Waals surface area contributed by atoms with E-state index in [0.29, 0.717) is 12.2 Å². The lowest BCUT2D eigenvalue weighted by molar-refractivity contribution is -0.144. The number of carbonyl (C=O) groups is 1. The number of carboxylic acids is 1. The Balaban J connectivity index is 2.25. The van der Waals surface area contributed by atoms with Crippen LogP contribution in [0.2, 0.25) is 0 Å². The zero-order valence-electron chi connectivity index (χ0n) is 10.6. The zero-order chi connectivity index (χ0) is 14.0. The highest BCUT2D eigenvalue weighted by Gasteiger charge is 2.25. The van der Waals surface area contributed by atoms with Gasteiger partial charge in [-0.25, -0.2) is 4.79 Å². The molecule has 0 saturated heterocycles.